The summed E-state index contributed by atoms with van der Waals surface area (Å²) in [7, 11) is 0. The molecule has 2 heterocycles. The van der Waals surface area contributed by atoms with Crippen LogP contribution in [0, 0.1) is 5.92 Å². The maximum atomic E-state index is 12.2. The zero-order valence-electron chi connectivity index (χ0n) is 9.67. The SMILES string of the molecule is C[C@H]1NCCC[C@H]1C(=O)N1CCCCC1. The van der Waals surface area contributed by atoms with Gasteiger partial charge in [0, 0.05) is 19.1 Å². The molecule has 2 aliphatic heterocycles. The first-order valence-electron chi connectivity index (χ1n) is 6.31. The van der Waals surface area contributed by atoms with Gasteiger partial charge in [0.25, 0.3) is 0 Å². The first-order chi connectivity index (χ1) is 7.29. The van der Waals surface area contributed by atoms with Crippen LogP contribution in [0.3, 0.4) is 0 Å². The molecule has 0 aromatic rings. The Hall–Kier alpha value is -0.570. The maximum Gasteiger partial charge on any atom is 0.227 e. The molecule has 0 spiro atoms. The lowest BCUT2D eigenvalue weighted by molar-refractivity contribution is -0.138. The van der Waals surface area contributed by atoms with Crippen LogP contribution in [0.25, 0.3) is 0 Å². The molecule has 1 N–H and O–H groups in total. The van der Waals surface area contributed by atoms with Crippen molar-refractivity contribution < 1.29 is 4.79 Å². The van der Waals surface area contributed by atoms with E-state index in [9.17, 15) is 4.79 Å². The lowest BCUT2D eigenvalue weighted by atomic mass is 9.90. The third-order valence-corrected chi connectivity index (χ3v) is 3.75. The average Bonchev–Trinajstić information content (AvgIpc) is 2.30. The number of nitrogens with zero attached hydrogens (tertiary/aromatic N) is 1. The molecule has 15 heavy (non-hydrogen) atoms. The molecule has 86 valence electrons. The molecule has 3 nitrogen and oxygen atoms in total. The number of hydrogen-bond donors (Lipinski definition) is 1. The van der Waals surface area contributed by atoms with Gasteiger partial charge in [0.2, 0.25) is 5.91 Å². The van der Waals surface area contributed by atoms with Crippen LogP contribution < -0.4 is 5.32 Å². The molecule has 2 saturated heterocycles. The van der Waals surface area contributed by atoms with Crippen LogP contribution in [0.4, 0.5) is 0 Å². The van der Waals surface area contributed by atoms with E-state index in [4.69, 9.17) is 0 Å². The molecule has 0 radical (unpaired) electrons. The maximum absolute atomic E-state index is 12.2. The summed E-state index contributed by atoms with van der Waals surface area (Å²) < 4.78 is 0. The van der Waals surface area contributed by atoms with Gasteiger partial charge in [-0.15, -0.1) is 0 Å². The number of carbonyl (C=O) groups excluding carboxylic acids is 1. The molecular weight excluding hydrogens is 188 g/mol. The van der Waals surface area contributed by atoms with Gasteiger partial charge in [-0.2, -0.15) is 0 Å². The van der Waals surface area contributed by atoms with Gasteiger partial charge in [0.05, 0.1) is 5.92 Å². The van der Waals surface area contributed by atoms with E-state index < -0.39 is 0 Å². The van der Waals surface area contributed by atoms with Crippen LogP contribution in [0.1, 0.15) is 39.0 Å². The van der Waals surface area contributed by atoms with E-state index >= 15 is 0 Å². The molecular formula is C12H22N2O. The Kier molecular flexibility index (Phi) is 3.62. The predicted molar refractivity (Wildman–Crippen MR) is 60.6 cm³/mol. The molecule has 0 bridgehead atoms. The summed E-state index contributed by atoms with van der Waals surface area (Å²) in [6.45, 7) is 5.20. The minimum absolute atomic E-state index is 0.233. The summed E-state index contributed by atoms with van der Waals surface area (Å²) in [6.07, 6.45) is 5.90. The van der Waals surface area contributed by atoms with Crippen molar-refractivity contribution in [2.24, 2.45) is 5.92 Å². The van der Waals surface area contributed by atoms with Crippen molar-refractivity contribution in [3.05, 3.63) is 0 Å². The van der Waals surface area contributed by atoms with Crippen molar-refractivity contribution in [3.8, 4) is 0 Å². The van der Waals surface area contributed by atoms with E-state index in [0.29, 0.717) is 11.9 Å². The Morgan fingerprint density at radius 1 is 1.20 bits per heavy atom. The third kappa shape index (κ3) is 2.51. The fourth-order valence-electron chi connectivity index (χ4n) is 2.73. The largest absolute Gasteiger partial charge is 0.342 e. The van der Waals surface area contributed by atoms with Gasteiger partial charge >= 0.3 is 0 Å². The molecule has 1 amide bonds. The number of likely N-dealkylation sites (tertiary alicyclic amines) is 1. The van der Waals surface area contributed by atoms with Gasteiger partial charge < -0.3 is 10.2 Å². The van der Waals surface area contributed by atoms with E-state index in [2.05, 4.69) is 17.1 Å². The highest BCUT2D eigenvalue weighted by Crippen LogP contribution is 2.21. The quantitative estimate of drug-likeness (QED) is 0.709. The van der Waals surface area contributed by atoms with Gasteiger partial charge in [-0.1, -0.05) is 0 Å². The second-order valence-electron chi connectivity index (χ2n) is 4.88. The lowest BCUT2D eigenvalue weighted by Gasteiger charge is -2.35. The normalized spacial score (nSPS) is 32.7. The zero-order chi connectivity index (χ0) is 10.7. The van der Waals surface area contributed by atoms with E-state index in [1.807, 2.05) is 0 Å². The molecule has 2 aliphatic rings. The highest BCUT2D eigenvalue weighted by molar-refractivity contribution is 5.79. The number of amides is 1. The van der Waals surface area contributed by atoms with E-state index in [0.717, 1.165) is 32.5 Å². The third-order valence-electron chi connectivity index (χ3n) is 3.75. The molecule has 2 fully saturated rings. The first kappa shape index (κ1) is 10.9. The number of rotatable bonds is 1. The van der Waals surface area contributed by atoms with Crippen molar-refractivity contribution in [1.82, 2.24) is 10.2 Å². The molecule has 0 saturated carbocycles. The molecule has 0 unspecified atom stereocenters. The summed E-state index contributed by atoms with van der Waals surface area (Å²) in [5, 5.41) is 3.40. The van der Waals surface area contributed by atoms with Crippen LogP contribution in [0.2, 0.25) is 0 Å². The van der Waals surface area contributed by atoms with Crippen LogP contribution in [0.5, 0.6) is 0 Å². The van der Waals surface area contributed by atoms with Gasteiger partial charge in [-0.05, 0) is 45.6 Å². The Morgan fingerprint density at radius 2 is 1.93 bits per heavy atom. The van der Waals surface area contributed by atoms with Crippen LogP contribution >= 0.6 is 0 Å². The zero-order valence-corrected chi connectivity index (χ0v) is 9.67. The molecule has 2 atom stereocenters. The van der Waals surface area contributed by atoms with Crippen LogP contribution in [-0.4, -0.2) is 36.5 Å². The molecule has 0 aromatic heterocycles. The van der Waals surface area contributed by atoms with Crippen molar-refractivity contribution in [2.75, 3.05) is 19.6 Å². The number of hydrogen-bond acceptors (Lipinski definition) is 2. The van der Waals surface area contributed by atoms with Crippen LogP contribution in [-0.2, 0) is 4.79 Å². The summed E-state index contributed by atoms with van der Waals surface area (Å²) >= 11 is 0. The van der Waals surface area contributed by atoms with Crippen LogP contribution in [0.15, 0.2) is 0 Å². The Balaban J connectivity index is 1.92. The van der Waals surface area contributed by atoms with E-state index in [-0.39, 0.29) is 5.92 Å². The Labute approximate surface area is 92.2 Å². The molecule has 3 heteroatoms. The number of carbonyl (C=O) groups is 1. The number of piperidine rings is 2. The summed E-state index contributed by atoms with van der Waals surface area (Å²) in [4.78, 5) is 14.3. The molecule has 0 aromatic carbocycles. The Morgan fingerprint density at radius 3 is 2.60 bits per heavy atom. The average molecular weight is 210 g/mol. The first-order valence-corrected chi connectivity index (χ1v) is 6.31. The van der Waals surface area contributed by atoms with Crippen molar-refractivity contribution in [3.63, 3.8) is 0 Å². The fourth-order valence-corrected chi connectivity index (χ4v) is 2.73. The number of nitrogens with one attached hydrogen (secondary N) is 1. The standard InChI is InChI=1S/C12H22N2O/c1-10-11(6-5-7-13-10)12(15)14-8-3-2-4-9-14/h10-11,13H,2-9H2,1H3/t10-,11-/m1/s1. The minimum Gasteiger partial charge on any atom is -0.342 e. The smallest absolute Gasteiger partial charge is 0.227 e. The fraction of sp³-hybridized carbons (Fsp3) is 0.917. The molecule has 0 aliphatic carbocycles. The predicted octanol–water partition coefficient (Wildman–Crippen LogP) is 1.39. The Bertz CT molecular complexity index is 224. The van der Waals surface area contributed by atoms with E-state index in [1.165, 1.54) is 19.3 Å². The highest BCUT2D eigenvalue weighted by Gasteiger charge is 2.31. The molecule has 2 rings (SSSR count). The minimum atomic E-state index is 0.233. The highest BCUT2D eigenvalue weighted by atomic mass is 16.2. The summed E-state index contributed by atoms with van der Waals surface area (Å²) in [6, 6.07) is 0.369. The second-order valence-corrected chi connectivity index (χ2v) is 4.88. The monoisotopic (exact) mass is 210 g/mol. The summed E-state index contributed by atoms with van der Waals surface area (Å²) in [5.74, 6) is 0.631. The second kappa shape index (κ2) is 4.97. The van der Waals surface area contributed by atoms with Gasteiger partial charge in [-0.3, -0.25) is 4.79 Å². The van der Waals surface area contributed by atoms with Gasteiger partial charge in [-0.25, -0.2) is 0 Å². The van der Waals surface area contributed by atoms with Gasteiger partial charge in [0.15, 0.2) is 0 Å². The summed E-state index contributed by atoms with van der Waals surface area (Å²) in [5.41, 5.74) is 0. The van der Waals surface area contributed by atoms with E-state index in [1.54, 1.807) is 0 Å². The van der Waals surface area contributed by atoms with Crippen molar-refractivity contribution >= 4 is 5.91 Å². The topological polar surface area (TPSA) is 32.3 Å². The van der Waals surface area contributed by atoms with Crippen molar-refractivity contribution in [1.29, 1.82) is 0 Å². The van der Waals surface area contributed by atoms with Gasteiger partial charge in [0.1, 0.15) is 0 Å². The lowest BCUT2D eigenvalue weighted by Crippen LogP contribution is -2.49. The van der Waals surface area contributed by atoms with Crippen molar-refractivity contribution in [2.45, 2.75) is 45.1 Å².